The number of fused-ring (bicyclic) bond motifs is 3. The second kappa shape index (κ2) is 7.23. The van der Waals surface area contributed by atoms with Crippen molar-refractivity contribution in [3.63, 3.8) is 0 Å². The molecule has 0 saturated carbocycles. The third kappa shape index (κ3) is 4.18. The molecule has 3 rings (SSSR count). The molecule has 3 heteroatoms. The van der Waals surface area contributed by atoms with Gasteiger partial charge in [0.05, 0.1) is 6.10 Å². The fourth-order valence-corrected chi connectivity index (χ4v) is 2.73. The molecule has 0 fully saturated rings. The van der Waals surface area contributed by atoms with Crippen molar-refractivity contribution in [1.29, 1.82) is 0 Å². The number of aliphatic carboxylic acids is 1. The number of carboxylic acid groups (broad SMARTS) is 1. The van der Waals surface area contributed by atoms with Crippen LogP contribution in [0.3, 0.4) is 0 Å². The number of hydrogen-bond donors (Lipinski definition) is 2. The summed E-state index contributed by atoms with van der Waals surface area (Å²) < 4.78 is 0. The maximum absolute atomic E-state index is 9.35. The van der Waals surface area contributed by atoms with E-state index in [1.54, 1.807) is 0 Å². The minimum atomic E-state index is -0.833. The molecule has 0 spiro atoms. The number of aryl methyl sites for hydroxylation is 1. The highest BCUT2D eigenvalue weighted by atomic mass is 16.4. The lowest BCUT2D eigenvalue weighted by atomic mass is 10.0. The number of carbonyl (C=O) groups is 1. The van der Waals surface area contributed by atoms with Gasteiger partial charge in [-0.25, -0.2) is 0 Å². The Labute approximate surface area is 131 Å². The minimum absolute atomic E-state index is 0.213. The minimum Gasteiger partial charge on any atom is -0.481 e. The normalized spacial score (nSPS) is 12.7. The fourth-order valence-electron chi connectivity index (χ4n) is 2.73. The van der Waals surface area contributed by atoms with Crippen molar-refractivity contribution in [1.82, 2.24) is 0 Å². The Bertz CT molecular complexity index is 655. The van der Waals surface area contributed by atoms with E-state index in [4.69, 9.17) is 9.90 Å². The van der Waals surface area contributed by atoms with Crippen molar-refractivity contribution < 1.29 is 15.0 Å². The van der Waals surface area contributed by atoms with Crippen LogP contribution in [0.25, 0.3) is 11.1 Å². The van der Waals surface area contributed by atoms with E-state index in [0.29, 0.717) is 0 Å². The number of hydrogen-bond acceptors (Lipinski definition) is 2. The molecular formula is C19H22O3. The van der Waals surface area contributed by atoms with Crippen LogP contribution in [0.1, 0.15) is 37.0 Å². The molecule has 0 saturated heterocycles. The van der Waals surface area contributed by atoms with Crippen molar-refractivity contribution in [2.75, 3.05) is 0 Å². The second-order valence-corrected chi connectivity index (χ2v) is 5.73. The van der Waals surface area contributed by atoms with Gasteiger partial charge in [0.1, 0.15) is 0 Å². The van der Waals surface area contributed by atoms with Gasteiger partial charge in [-0.3, -0.25) is 4.79 Å². The van der Waals surface area contributed by atoms with Crippen molar-refractivity contribution in [2.45, 2.75) is 39.2 Å². The molecule has 0 aliphatic heterocycles. The van der Waals surface area contributed by atoms with Crippen molar-refractivity contribution in [3.8, 4) is 11.1 Å². The zero-order chi connectivity index (χ0) is 16.1. The van der Waals surface area contributed by atoms with Gasteiger partial charge in [0.2, 0.25) is 0 Å². The van der Waals surface area contributed by atoms with E-state index in [1.165, 1.54) is 27.8 Å². The molecule has 3 nitrogen and oxygen atoms in total. The van der Waals surface area contributed by atoms with Gasteiger partial charge in [-0.1, -0.05) is 42.5 Å². The summed E-state index contributed by atoms with van der Waals surface area (Å²) in [6.07, 6.45) is 2.64. The average Bonchev–Trinajstić information content (AvgIpc) is 2.82. The maximum Gasteiger partial charge on any atom is 0.300 e. The van der Waals surface area contributed by atoms with Crippen molar-refractivity contribution >= 4 is 5.97 Å². The van der Waals surface area contributed by atoms with Gasteiger partial charge in [-0.2, -0.15) is 0 Å². The van der Waals surface area contributed by atoms with Crippen LogP contribution in [0, 0.1) is 0 Å². The molecule has 1 aliphatic rings. The Balaban J connectivity index is 0.000000396. The van der Waals surface area contributed by atoms with Crippen molar-refractivity contribution in [3.05, 3.63) is 59.2 Å². The molecule has 0 bridgehead atoms. The van der Waals surface area contributed by atoms with Gasteiger partial charge in [0, 0.05) is 6.92 Å². The molecular weight excluding hydrogens is 276 g/mol. The van der Waals surface area contributed by atoms with Crippen LogP contribution in [-0.4, -0.2) is 22.3 Å². The highest BCUT2D eigenvalue weighted by molar-refractivity contribution is 5.76. The molecule has 0 heterocycles. The molecule has 0 radical (unpaired) electrons. The van der Waals surface area contributed by atoms with E-state index in [0.717, 1.165) is 26.2 Å². The van der Waals surface area contributed by atoms with E-state index < -0.39 is 5.97 Å². The third-order valence-electron chi connectivity index (χ3n) is 3.71. The molecule has 22 heavy (non-hydrogen) atoms. The SMILES string of the molecule is CC(=O)O.CC(O)CCc1ccc2c(c1)Cc1ccccc1-2. The Hall–Kier alpha value is -2.13. The molecule has 0 amide bonds. The molecule has 2 aromatic carbocycles. The molecule has 1 atom stereocenters. The van der Waals surface area contributed by atoms with Gasteiger partial charge in [-0.15, -0.1) is 0 Å². The van der Waals surface area contributed by atoms with Gasteiger partial charge < -0.3 is 10.2 Å². The number of carboxylic acids is 1. The van der Waals surface area contributed by atoms with Crippen LogP contribution in [-0.2, 0) is 17.6 Å². The smallest absolute Gasteiger partial charge is 0.300 e. The molecule has 116 valence electrons. The second-order valence-electron chi connectivity index (χ2n) is 5.73. The van der Waals surface area contributed by atoms with Crippen LogP contribution in [0.15, 0.2) is 42.5 Å². The lowest BCUT2D eigenvalue weighted by molar-refractivity contribution is -0.134. The standard InChI is InChI=1S/C17H18O.C2H4O2/c1-12(18)6-7-13-8-9-17-15(10-13)11-14-4-2-3-5-16(14)17;1-2(3)4/h2-5,8-10,12,18H,6-7,11H2,1H3;1H3,(H,3,4). The summed E-state index contributed by atoms with van der Waals surface area (Å²) >= 11 is 0. The van der Waals surface area contributed by atoms with Crippen LogP contribution in [0.2, 0.25) is 0 Å². The monoisotopic (exact) mass is 298 g/mol. The molecule has 2 aromatic rings. The van der Waals surface area contributed by atoms with E-state index in [-0.39, 0.29) is 6.10 Å². The Kier molecular flexibility index (Phi) is 5.34. The summed E-state index contributed by atoms with van der Waals surface area (Å²) in [4.78, 5) is 9.00. The predicted octanol–water partition coefficient (Wildman–Crippen LogP) is 3.66. The summed E-state index contributed by atoms with van der Waals surface area (Å²) in [5.74, 6) is -0.833. The van der Waals surface area contributed by atoms with Crippen LogP contribution in [0.5, 0.6) is 0 Å². The fraction of sp³-hybridized carbons (Fsp3) is 0.316. The third-order valence-corrected chi connectivity index (χ3v) is 3.71. The Morgan fingerprint density at radius 2 is 1.77 bits per heavy atom. The number of aliphatic hydroxyl groups is 1. The van der Waals surface area contributed by atoms with Gasteiger partial charge in [-0.05, 0) is 54.0 Å². The summed E-state index contributed by atoms with van der Waals surface area (Å²) in [5, 5.41) is 16.8. The first-order valence-corrected chi connectivity index (χ1v) is 7.55. The summed E-state index contributed by atoms with van der Waals surface area (Å²) in [5.41, 5.74) is 6.96. The van der Waals surface area contributed by atoms with Gasteiger partial charge in [0.15, 0.2) is 0 Å². The molecule has 1 unspecified atom stereocenters. The lowest BCUT2D eigenvalue weighted by Crippen LogP contribution is -2.01. The first-order valence-electron chi connectivity index (χ1n) is 7.55. The largest absolute Gasteiger partial charge is 0.481 e. The van der Waals surface area contributed by atoms with E-state index >= 15 is 0 Å². The van der Waals surface area contributed by atoms with Crippen LogP contribution >= 0.6 is 0 Å². The highest BCUT2D eigenvalue weighted by Gasteiger charge is 2.17. The predicted molar refractivity (Wildman–Crippen MR) is 88.0 cm³/mol. The average molecular weight is 298 g/mol. The van der Waals surface area contributed by atoms with Gasteiger partial charge in [0.25, 0.3) is 5.97 Å². The summed E-state index contributed by atoms with van der Waals surface area (Å²) in [7, 11) is 0. The zero-order valence-electron chi connectivity index (χ0n) is 13.0. The quantitative estimate of drug-likeness (QED) is 0.776. The number of aliphatic hydroxyl groups excluding tert-OH is 1. The summed E-state index contributed by atoms with van der Waals surface area (Å²) in [6.45, 7) is 2.93. The zero-order valence-corrected chi connectivity index (χ0v) is 13.0. The van der Waals surface area contributed by atoms with Crippen molar-refractivity contribution in [2.24, 2.45) is 0 Å². The van der Waals surface area contributed by atoms with E-state index in [9.17, 15) is 5.11 Å². The van der Waals surface area contributed by atoms with E-state index in [2.05, 4.69) is 42.5 Å². The maximum atomic E-state index is 9.35. The molecule has 2 N–H and O–H groups in total. The molecule has 1 aliphatic carbocycles. The van der Waals surface area contributed by atoms with E-state index in [1.807, 2.05) is 6.92 Å². The first-order chi connectivity index (χ1) is 10.5. The van der Waals surface area contributed by atoms with Gasteiger partial charge >= 0.3 is 0 Å². The Morgan fingerprint density at radius 1 is 1.14 bits per heavy atom. The topological polar surface area (TPSA) is 57.5 Å². The first kappa shape index (κ1) is 16.2. The number of benzene rings is 2. The van der Waals surface area contributed by atoms with Crippen LogP contribution < -0.4 is 0 Å². The number of rotatable bonds is 3. The molecule has 0 aromatic heterocycles. The van der Waals surface area contributed by atoms with Crippen LogP contribution in [0.4, 0.5) is 0 Å². The summed E-state index contributed by atoms with van der Waals surface area (Å²) in [6, 6.07) is 15.4. The lowest BCUT2D eigenvalue weighted by Gasteiger charge is -2.07. The highest BCUT2D eigenvalue weighted by Crippen LogP contribution is 2.36. The Morgan fingerprint density at radius 3 is 2.45 bits per heavy atom.